The standard InChI is InChI=1S/C19H22N2O2/c1-14-8-7-9-15(2)19(14)23-13-18(22)21-20-12-16(3)17-10-5-4-6-11-17/h4-12,16H,13H2,1-3H3,(H,21,22)/b20-12+. The Labute approximate surface area is 137 Å². The molecular weight excluding hydrogens is 288 g/mol. The fraction of sp³-hybridized carbons (Fsp3) is 0.263. The molecule has 2 aromatic carbocycles. The second-order valence-corrected chi connectivity index (χ2v) is 5.52. The van der Waals surface area contributed by atoms with Gasteiger partial charge in [-0.3, -0.25) is 4.79 Å². The summed E-state index contributed by atoms with van der Waals surface area (Å²) in [7, 11) is 0. The Hall–Kier alpha value is -2.62. The summed E-state index contributed by atoms with van der Waals surface area (Å²) in [6.07, 6.45) is 1.71. The van der Waals surface area contributed by atoms with Crippen LogP contribution in [0.4, 0.5) is 0 Å². The van der Waals surface area contributed by atoms with Crippen molar-refractivity contribution in [3.05, 3.63) is 65.2 Å². The van der Waals surface area contributed by atoms with Gasteiger partial charge in [-0.2, -0.15) is 5.10 Å². The molecule has 1 amide bonds. The lowest BCUT2D eigenvalue weighted by molar-refractivity contribution is -0.123. The van der Waals surface area contributed by atoms with Crippen LogP contribution in [0.25, 0.3) is 0 Å². The predicted molar refractivity (Wildman–Crippen MR) is 92.9 cm³/mol. The second kappa shape index (κ2) is 8.13. The van der Waals surface area contributed by atoms with Crippen molar-refractivity contribution < 1.29 is 9.53 Å². The molecular formula is C19H22N2O2. The summed E-state index contributed by atoms with van der Waals surface area (Å²) in [5.41, 5.74) is 5.67. The average molecular weight is 310 g/mol. The van der Waals surface area contributed by atoms with Crippen molar-refractivity contribution in [3.63, 3.8) is 0 Å². The van der Waals surface area contributed by atoms with Crippen molar-refractivity contribution in [1.29, 1.82) is 0 Å². The normalized spacial score (nSPS) is 12.1. The molecule has 0 aliphatic rings. The van der Waals surface area contributed by atoms with Gasteiger partial charge >= 0.3 is 0 Å². The van der Waals surface area contributed by atoms with E-state index in [0.29, 0.717) is 0 Å². The molecule has 4 nitrogen and oxygen atoms in total. The van der Waals surface area contributed by atoms with Crippen molar-refractivity contribution in [2.75, 3.05) is 6.61 Å². The van der Waals surface area contributed by atoms with Crippen LogP contribution in [0.2, 0.25) is 0 Å². The molecule has 0 radical (unpaired) electrons. The molecule has 0 aliphatic heterocycles. The number of nitrogens with zero attached hydrogens (tertiary/aromatic N) is 1. The van der Waals surface area contributed by atoms with Gasteiger partial charge in [-0.05, 0) is 30.5 Å². The maximum Gasteiger partial charge on any atom is 0.277 e. The summed E-state index contributed by atoms with van der Waals surface area (Å²) < 4.78 is 5.59. The van der Waals surface area contributed by atoms with Crippen molar-refractivity contribution in [2.45, 2.75) is 26.7 Å². The van der Waals surface area contributed by atoms with Crippen LogP contribution in [-0.4, -0.2) is 18.7 Å². The van der Waals surface area contributed by atoms with E-state index in [-0.39, 0.29) is 18.4 Å². The minimum Gasteiger partial charge on any atom is -0.483 e. The molecule has 1 N–H and O–H groups in total. The Bertz CT molecular complexity index is 661. The summed E-state index contributed by atoms with van der Waals surface area (Å²) in [5.74, 6) is 0.615. The molecule has 0 aliphatic carbocycles. The van der Waals surface area contributed by atoms with Crippen molar-refractivity contribution >= 4 is 12.1 Å². The molecule has 0 bridgehead atoms. The van der Waals surface area contributed by atoms with E-state index in [4.69, 9.17) is 4.74 Å². The van der Waals surface area contributed by atoms with Gasteiger partial charge in [-0.25, -0.2) is 5.43 Å². The minimum atomic E-state index is -0.274. The number of rotatable bonds is 6. The molecule has 23 heavy (non-hydrogen) atoms. The van der Waals surface area contributed by atoms with Gasteiger partial charge in [0.25, 0.3) is 5.91 Å². The van der Waals surface area contributed by atoms with E-state index in [1.807, 2.05) is 69.3 Å². The van der Waals surface area contributed by atoms with Crippen LogP contribution in [0, 0.1) is 13.8 Å². The Kier molecular flexibility index (Phi) is 5.92. The lowest BCUT2D eigenvalue weighted by Crippen LogP contribution is -2.25. The number of carbonyl (C=O) groups excluding carboxylic acids is 1. The molecule has 0 fully saturated rings. The monoisotopic (exact) mass is 310 g/mol. The maximum absolute atomic E-state index is 11.8. The van der Waals surface area contributed by atoms with Gasteiger partial charge in [0.15, 0.2) is 6.61 Å². The smallest absolute Gasteiger partial charge is 0.277 e. The highest BCUT2D eigenvalue weighted by Crippen LogP contribution is 2.21. The molecule has 0 aromatic heterocycles. The minimum absolute atomic E-state index is 0.0528. The van der Waals surface area contributed by atoms with Gasteiger partial charge in [0.05, 0.1) is 0 Å². The number of hydrazone groups is 1. The third-order valence-corrected chi connectivity index (χ3v) is 3.57. The van der Waals surface area contributed by atoms with Crippen LogP contribution in [0.5, 0.6) is 5.75 Å². The van der Waals surface area contributed by atoms with Crippen LogP contribution in [-0.2, 0) is 4.79 Å². The molecule has 0 saturated heterocycles. The molecule has 120 valence electrons. The summed E-state index contributed by atoms with van der Waals surface area (Å²) in [5, 5.41) is 4.00. The number of nitrogens with one attached hydrogen (secondary N) is 1. The first kappa shape index (κ1) is 16.7. The number of hydrogen-bond acceptors (Lipinski definition) is 3. The number of aryl methyl sites for hydroxylation is 2. The van der Waals surface area contributed by atoms with Gasteiger partial charge in [0.2, 0.25) is 0 Å². The fourth-order valence-corrected chi connectivity index (χ4v) is 2.26. The molecule has 0 spiro atoms. The summed E-state index contributed by atoms with van der Waals surface area (Å²) in [6.45, 7) is 5.89. The molecule has 4 heteroatoms. The van der Waals surface area contributed by atoms with E-state index < -0.39 is 0 Å². The Morgan fingerprint density at radius 3 is 2.43 bits per heavy atom. The molecule has 2 aromatic rings. The van der Waals surface area contributed by atoms with Crippen molar-refractivity contribution in [3.8, 4) is 5.75 Å². The summed E-state index contributed by atoms with van der Waals surface area (Å²) in [6, 6.07) is 15.9. The lowest BCUT2D eigenvalue weighted by Gasteiger charge is -2.11. The van der Waals surface area contributed by atoms with Gasteiger partial charge in [-0.15, -0.1) is 0 Å². The zero-order valence-corrected chi connectivity index (χ0v) is 13.7. The van der Waals surface area contributed by atoms with E-state index in [1.54, 1.807) is 6.21 Å². The van der Waals surface area contributed by atoms with E-state index in [0.717, 1.165) is 22.4 Å². The summed E-state index contributed by atoms with van der Waals surface area (Å²) in [4.78, 5) is 11.8. The number of benzene rings is 2. The molecule has 2 rings (SSSR count). The number of hydrogen-bond donors (Lipinski definition) is 1. The molecule has 1 unspecified atom stereocenters. The summed E-state index contributed by atoms with van der Waals surface area (Å²) >= 11 is 0. The third-order valence-electron chi connectivity index (χ3n) is 3.57. The molecule has 0 saturated carbocycles. The fourth-order valence-electron chi connectivity index (χ4n) is 2.26. The maximum atomic E-state index is 11.8. The number of amides is 1. The van der Waals surface area contributed by atoms with E-state index in [1.165, 1.54) is 0 Å². The highest BCUT2D eigenvalue weighted by Gasteiger charge is 2.07. The van der Waals surface area contributed by atoms with Crippen molar-refractivity contribution in [1.82, 2.24) is 5.43 Å². The number of carbonyl (C=O) groups is 1. The van der Waals surface area contributed by atoms with Gasteiger partial charge in [-0.1, -0.05) is 55.5 Å². The van der Waals surface area contributed by atoms with Crippen LogP contribution in [0.15, 0.2) is 53.6 Å². The SMILES string of the molecule is Cc1cccc(C)c1OCC(=O)N/N=C/C(C)c1ccccc1. The van der Waals surface area contributed by atoms with Crippen LogP contribution >= 0.6 is 0 Å². The number of ether oxygens (including phenoxy) is 1. The van der Waals surface area contributed by atoms with E-state index in [2.05, 4.69) is 10.5 Å². The first-order chi connectivity index (χ1) is 11.1. The van der Waals surface area contributed by atoms with E-state index >= 15 is 0 Å². The highest BCUT2D eigenvalue weighted by molar-refractivity contribution is 5.79. The number of para-hydroxylation sites is 1. The van der Waals surface area contributed by atoms with Crippen LogP contribution in [0.1, 0.15) is 29.5 Å². The molecule has 0 heterocycles. The van der Waals surface area contributed by atoms with Gasteiger partial charge < -0.3 is 4.74 Å². The zero-order valence-electron chi connectivity index (χ0n) is 13.7. The molecule has 1 atom stereocenters. The Morgan fingerprint density at radius 1 is 1.13 bits per heavy atom. The second-order valence-electron chi connectivity index (χ2n) is 5.52. The lowest BCUT2D eigenvalue weighted by atomic mass is 10.0. The van der Waals surface area contributed by atoms with E-state index in [9.17, 15) is 4.79 Å². The Balaban J connectivity index is 1.82. The van der Waals surface area contributed by atoms with Crippen LogP contribution < -0.4 is 10.2 Å². The predicted octanol–water partition coefficient (Wildman–Crippen LogP) is 3.59. The van der Waals surface area contributed by atoms with Gasteiger partial charge in [0, 0.05) is 12.1 Å². The average Bonchev–Trinajstić information content (AvgIpc) is 2.55. The first-order valence-corrected chi connectivity index (χ1v) is 7.64. The Morgan fingerprint density at radius 2 is 1.78 bits per heavy atom. The van der Waals surface area contributed by atoms with Gasteiger partial charge in [0.1, 0.15) is 5.75 Å². The first-order valence-electron chi connectivity index (χ1n) is 7.64. The third kappa shape index (κ3) is 4.95. The quantitative estimate of drug-likeness (QED) is 0.655. The zero-order chi connectivity index (χ0) is 16.7. The highest BCUT2D eigenvalue weighted by atomic mass is 16.5. The topological polar surface area (TPSA) is 50.7 Å². The van der Waals surface area contributed by atoms with Crippen LogP contribution in [0.3, 0.4) is 0 Å². The van der Waals surface area contributed by atoms with Crippen molar-refractivity contribution in [2.24, 2.45) is 5.10 Å². The largest absolute Gasteiger partial charge is 0.483 e.